The second kappa shape index (κ2) is 6.74. The summed E-state index contributed by atoms with van der Waals surface area (Å²) in [4.78, 5) is 17.6. The number of thiazole rings is 1. The van der Waals surface area contributed by atoms with Gasteiger partial charge >= 0.3 is 0 Å². The van der Waals surface area contributed by atoms with E-state index in [4.69, 9.17) is 4.74 Å². The number of rotatable bonds is 4. The van der Waals surface area contributed by atoms with Crippen LogP contribution in [0.25, 0.3) is 0 Å². The van der Waals surface area contributed by atoms with Crippen LogP contribution in [0.1, 0.15) is 31.9 Å². The van der Waals surface area contributed by atoms with Crippen LogP contribution in [-0.2, 0) is 24.4 Å². The highest BCUT2D eigenvalue weighted by Crippen LogP contribution is 2.24. The van der Waals surface area contributed by atoms with Gasteiger partial charge in [-0.3, -0.25) is 10.1 Å². The molecule has 3 aromatic rings. The van der Waals surface area contributed by atoms with Gasteiger partial charge in [0.15, 0.2) is 5.13 Å². The minimum Gasteiger partial charge on any atom is -0.372 e. The average Bonchev–Trinajstić information content (AvgIpc) is 3.23. The summed E-state index contributed by atoms with van der Waals surface area (Å²) in [5.41, 5.74) is 3.65. The number of ether oxygens (including phenoxy) is 1. The fourth-order valence-corrected chi connectivity index (χ4v) is 3.62. The smallest absolute Gasteiger partial charge is 0.257 e. The number of aromatic nitrogens is 1. The Bertz CT molecular complexity index is 939. The van der Waals surface area contributed by atoms with Crippen LogP contribution >= 0.6 is 11.3 Å². The van der Waals surface area contributed by atoms with Gasteiger partial charge in [-0.25, -0.2) is 9.37 Å². The molecule has 1 aromatic heterocycles. The van der Waals surface area contributed by atoms with Crippen molar-refractivity contribution < 1.29 is 13.9 Å². The lowest BCUT2D eigenvalue weighted by Gasteiger charge is -2.04. The molecule has 6 heteroatoms. The molecule has 0 fully saturated rings. The molecule has 126 valence electrons. The lowest BCUT2D eigenvalue weighted by Crippen LogP contribution is -2.11. The van der Waals surface area contributed by atoms with E-state index in [1.54, 1.807) is 18.3 Å². The van der Waals surface area contributed by atoms with Crippen molar-refractivity contribution in [2.45, 2.75) is 19.6 Å². The van der Waals surface area contributed by atoms with Crippen LogP contribution in [0.4, 0.5) is 9.52 Å². The number of carbonyl (C=O) groups excluding carboxylic acids is 1. The first kappa shape index (κ1) is 15.9. The number of carbonyl (C=O) groups is 1. The quantitative estimate of drug-likeness (QED) is 0.765. The summed E-state index contributed by atoms with van der Waals surface area (Å²) < 4.78 is 18.6. The van der Waals surface area contributed by atoms with Crippen LogP contribution < -0.4 is 5.32 Å². The molecule has 2 aromatic carbocycles. The van der Waals surface area contributed by atoms with E-state index in [1.165, 1.54) is 23.5 Å². The second-order valence-electron chi connectivity index (χ2n) is 5.87. The molecule has 0 saturated carbocycles. The molecule has 25 heavy (non-hydrogen) atoms. The second-order valence-corrected chi connectivity index (χ2v) is 6.98. The Hall–Kier alpha value is -2.57. The standard InChI is InChI=1S/C19H15FN2O2S/c20-16-3-1-2-12(6-16)7-17-9-21-19(25-17)22-18(23)13-4-5-14-10-24-11-15(14)8-13/h1-6,8-9H,7,10-11H2,(H,21,22,23). The Labute approximate surface area is 148 Å². The maximum atomic E-state index is 13.3. The number of anilines is 1. The van der Waals surface area contributed by atoms with E-state index in [-0.39, 0.29) is 11.7 Å². The highest BCUT2D eigenvalue weighted by atomic mass is 32.1. The van der Waals surface area contributed by atoms with Crippen molar-refractivity contribution in [3.8, 4) is 0 Å². The van der Waals surface area contributed by atoms with Crippen LogP contribution in [0.15, 0.2) is 48.7 Å². The zero-order valence-electron chi connectivity index (χ0n) is 13.3. The van der Waals surface area contributed by atoms with E-state index in [1.807, 2.05) is 18.2 Å². The highest BCUT2D eigenvalue weighted by Gasteiger charge is 2.15. The molecule has 0 saturated heterocycles. The Balaban J connectivity index is 1.44. The third-order valence-electron chi connectivity index (χ3n) is 4.02. The first-order valence-electron chi connectivity index (χ1n) is 7.87. The average molecular weight is 354 g/mol. The maximum Gasteiger partial charge on any atom is 0.257 e. The fourth-order valence-electron chi connectivity index (χ4n) is 2.78. The van der Waals surface area contributed by atoms with E-state index in [2.05, 4.69) is 10.3 Å². The lowest BCUT2D eigenvalue weighted by atomic mass is 10.1. The first-order valence-corrected chi connectivity index (χ1v) is 8.69. The summed E-state index contributed by atoms with van der Waals surface area (Å²) in [7, 11) is 0. The molecular formula is C19H15FN2O2S. The van der Waals surface area contributed by atoms with Gasteiger partial charge in [0.1, 0.15) is 5.82 Å². The van der Waals surface area contributed by atoms with Crippen molar-refractivity contribution in [2.75, 3.05) is 5.32 Å². The van der Waals surface area contributed by atoms with Crippen LogP contribution in [0.3, 0.4) is 0 Å². The van der Waals surface area contributed by atoms with Gasteiger partial charge < -0.3 is 4.74 Å². The molecule has 0 unspecified atom stereocenters. The van der Waals surface area contributed by atoms with Gasteiger partial charge in [0.25, 0.3) is 5.91 Å². The normalized spacial score (nSPS) is 12.8. The highest BCUT2D eigenvalue weighted by molar-refractivity contribution is 7.15. The SMILES string of the molecule is O=C(Nc1ncc(Cc2cccc(F)c2)s1)c1ccc2c(c1)COC2. The van der Waals surface area contributed by atoms with Crippen LogP contribution in [0.2, 0.25) is 0 Å². The van der Waals surface area contributed by atoms with Crippen LogP contribution in [-0.4, -0.2) is 10.9 Å². The monoisotopic (exact) mass is 354 g/mol. The Morgan fingerprint density at radius 2 is 2.08 bits per heavy atom. The Morgan fingerprint density at radius 1 is 1.20 bits per heavy atom. The zero-order chi connectivity index (χ0) is 17.2. The number of amides is 1. The number of hydrogen-bond donors (Lipinski definition) is 1. The maximum absolute atomic E-state index is 13.3. The number of nitrogens with zero attached hydrogens (tertiary/aromatic N) is 1. The number of halogens is 1. The van der Waals surface area contributed by atoms with E-state index >= 15 is 0 Å². The molecule has 1 amide bonds. The van der Waals surface area contributed by atoms with Crippen molar-refractivity contribution in [3.05, 3.63) is 81.6 Å². The number of nitrogens with one attached hydrogen (secondary N) is 1. The molecule has 1 N–H and O–H groups in total. The number of hydrogen-bond acceptors (Lipinski definition) is 4. The number of fused-ring (bicyclic) bond motifs is 1. The van der Waals surface area contributed by atoms with Gasteiger partial charge in [0.2, 0.25) is 0 Å². The predicted octanol–water partition coefficient (Wildman–Crippen LogP) is 4.16. The predicted molar refractivity (Wildman–Crippen MR) is 94.2 cm³/mol. The summed E-state index contributed by atoms with van der Waals surface area (Å²) in [6, 6.07) is 12.1. The van der Waals surface area contributed by atoms with Crippen molar-refractivity contribution in [2.24, 2.45) is 0 Å². The van der Waals surface area contributed by atoms with Crippen LogP contribution in [0.5, 0.6) is 0 Å². The van der Waals surface area contributed by atoms with E-state index in [9.17, 15) is 9.18 Å². The van der Waals surface area contributed by atoms with Crippen molar-refractivity contribution in [1.29, 1.82) is 0 Å². The van der Waals surface area contributed by atoms with Gasteiger partial charge in [-0.05, 0) is 41.0 Å². The summed E-state index contributed by atoms with van der Waals surface area (Å²) in [6.07, 6.45) is 2.29. The molecule has 4 rings (SSSR count). The zero-order valence-corrected chi connectivity index (χ0v) is 14.1. The molecule has 0 bridgehead atoms. The Kier molecular flexibility index (Phi) is 4.29. The summed E-state index contributed by atoms with van der Waals surface area (Å²) in [5.74, 6) is -0.447. The molecule has 0 atom stereocenters. The fraction of sp³-hybridized carbons (Fsp3) is 0.158. The molecule has 1 aliphatic rings. The summed E-state index contributed by atoms with van der Waals surface area (Å²) in [6.45, 7) is 1.15. The molecule has 4 nitrogen and oxygen atoms in total. The van der Waals surface area contributed by atoms with Crippen molar-refractivity contribution in [1.82, 2.24) is 4.98 Å². The van der Waals surface area contributed by atoms with Crippen LogP contribution in [0, 0.1) is 5.82 Å². The summed E-state index contributed by atoms with van der Waals surface area (Å²) >= 11 is 1.39. The van der Waals surface area contributed by atoms with Gasteiger partial charge in [0, 0.05) is 23.1 Å². The number of benzene rings is 2. The molecule has 0 aliphatic carbocycles. The molecular weight excluding hydrogens is 339 g/mol. The minimum absolute atomic E-state index is 0.193. The van der Waals surface area contributed by atoms with Gasteiger partial charge in [0.05, 0.1) is 13.2 Å². The molecule has 2 heterocycles. The third-order valence-corrected chi connectivity index (χ3v) is 4.94. The minimum atomic E-state index is -0.254. The molecule has 0 radical (unpaired) electrons. The molecule has 1 aliphatic heterocycles. The van der Waals surface area contributed by atoms with Crippen molar-refractivity contribution in [3.63, 3.8) is 0 Å². The van der Waals surface area contributed by atoms with E-state index < -0.39 is 0 Å². The largest absolute Gasteiger partial charge is 0.372 e. The first-order chi connectivity index (χ1) is 12.2. The summed E-state index contributed by atoms with van der Waals surface area (Å²) in [5, 5.41) is 3.36. The Morgan fingerprint density at radius 3 is 2.96 bits per heavy atom. The van der Waals surface area contributed by atoms with E-state index in [0.29, 0.717) is 30.3 Å². The molecule has 0 spiro atoms. The van der Waals surface area contributed by atoms with Gasteiger partial charge in [-0.15, -0.1) is 11.3 Å². The van der Waals surface area contributed by atoms with Gasteiger partial charge in [-0.2, -0.15) is 0 Å². The lowest BCUT2D eigenvalue weighted by molar-refractivity contribution is 0.102. The van der Waals surface area contributed by atoms with Gasteiger partial charge in [-0.1, -0.05) is 18.2 Å². The third kappa shape index (κ3) is 3.60. The van der Waals surface area contributed by atoms with E-state index in [0.717, 1.165) is 21.6 Å². The van der Waals surface area contributed by atoms with Crippen molar-refractivity contribution >= 4 is 22.4 Å². The topological polar surface area (TPSA) is 51.2 Å².